The minimum atomic E-state index is -1.19. The number of hydrogen-bond donors (Lipinski definition) is 0. The second-order valence-electron chi connectivity index (χ2n) is 10.5. The number of halogens is 1. The van der Waals surface area contributed by atoms with E-state index in [1.165, 1.54) is 0 Å². The van der Waals surface area contributed by atoms with Gasteiger partial charge in [0, 0.05) is 43.4 Å². The number of benzene rings is 2. The van der Waals surface area contributed by atoms with E-state index in [1.54, 1.807) is 0 Å². The van der Waals surface area contributed by atoms with Crippen molar-refractivity contribution in [2.45, 2.75) is 52.0 Å². The molecule has 0 saturated carbocycles. The summed E-state index contributed by atoms with van der Waals surface area (Å²) in [6.45, 7) is 11.5. The Hall–Kier alpha value is -2.89. The summed E-state index contributed by atoms with van der Waals surface area (Å²) in [7, 11) is -1.19. The van der Waals surface area contributed by atoms with Crippen molar-refractivity contribution >= 4 is 30.6 Å². The molecule has 0 saturated heterocycles. The highest BCUT2D eigenvalue weighted by Gasteiger charge is 2.28. The predicted octanol–water partition coefficient (Wildman–Crippen LogP) is 6.77. The summed E-state index contributed by atoms with van der Waals surface area (Å²) in [5.74, 6) is 0.843. The topological polar surface area (TPSA) is 65.0 Å². The summed E-state index contributed by atoms with van der Waals surface area (Å²) in [5.41, 5.74) is 5.44. The van der Waals surface area contributed by atoms with Crippen molar-refractivity contribution in [2.75, 3.05) is 13.2 Å². The van der Waals surface area contributed by atoms with Crippen molar-refractivity contribution in [3.05, 3.63) is 76.2 Å². The van der Waals surface area contributed by atoms with Crippen LogP contribution in [0.5, 0.6) is 0 Å². The van der Waals surface area contributed by atoms with Gasteiger partial charge in [0.05, 0.1) is 29.5 Å². The first-order chi connectivity index (χ1) is 17.3. The highest BCUT2D eigenvalue weighted by molar-refractivity contribution is 6.76. The molecule has 0 bridgehead atoms. The molecule has 186 valence electrons. The summed E-state index contributed by atoms with van der Waals surface area (Å²) in [6.07, 6.45) is 1.77. The number of rotatable bonds is 7. The lowest BCUT2D eigenvalue weighted by Crippen LogP contribution is -2.22. The van der Waals surface area contributed by atoms with Crippen molar-refractivity contribution < 1.29 is 9.47 Å². The van der Waals surface area contributed by atoms with Crippen molar-refractivity contribution in [1.82, 2.24) is 14.1 Å². The Labute approximate surface area is 218 Å². The molecule has 0 fully saturated rings. The van der Waals surface area contributed by atoms with Crippen molar-refractivity contribution in [3.63, 3.8) is 0 Å². The molecular weight excluding hydrogens is 488 g/mol. The number of imidazole rings is 1. The minimum absolute atomic E-state index is 0.320. The molecule has 0 spiro atoms. The van der Waals surface area contributed by atoms with E-state index >= 15 is 0 Å². The Bertz CT molecular complexity index is 1460. The van der Waals surface area contributed by atoms with E-state index in [9.17, 15) is 5.26 Å². The number of nitrogens with zero attached hydrogens (tertiary/aromatic N) is 4. The highest BCUT2D eigenvalue weighted by atomic mass is 35.5. The zero-order chi connectivity index (χ0) is 25.4. The Balaban J connectivity index is 1.57. The zero-order valence-electron chi connectivity index (χ0n) is 21.2. The average molecular weight is 519 g/mol. The third-order valence-electron chi connectivity index (χ3n) is 6.80. The average Bonchev–Trinajstić information content (AvgIpc) is 3.44. The van der Waals surface area contributed by atoms with E-state index in [0.29, 0.717) is 23.9 Å². The van der Waals surface area contributed by atoms with Gasteiger partial charge in [-0.15, -0.1) is 0 Å². The molecular formula is C28H31ClN4O2Si. The fourth-order valence-corrected chi connectivity index (χ4v) is 5.68. The van der Waals surface area contributed by atoms with Crippen LogP contribution in [-0.2, 0) is 22.7 Å². The van der Waals surface area contributed by atoms with Gasteiger partial charge in [-0.3, -0.25) is 0 Å². The third kappa shape index (κ3) is 4.74. The van der Waals surface area contributed by atoms with Crippen LogP contribution in [0.15, 0.2) is 48.7 Å². The number of nitriles is 1. The molecule has 1 unspecified atom stereocenters. The minimum Gasteiger partial charge on any atom is -0.364 e. The van der Waals surface area contributed by atoms with Crippen LogP contribution in [0, 0.1) is 18.3 Å². The van der Waals surface area contributed by atoms with Gasteiger partial charge in [0.1, 0.15) is 24.4 Å². The molecule has 36 heavy (non-hydrogen) atoms. The second-order valence-corrected chi connectivity index (χ2v) is 16.6. The molecule has 3 heterocycles. The molecule has 0 amide bonds. The van der Waals surface area contributed by atoms with E-state index in [-0.39, 0.29) is 6.10 Å². The van der Waals surface area contributed by atoms with E-state index in [4.69, 9.17) is 26.1 Å². The first kappa shape index (κ1) is 24.8. The first-order valence-electron chi connectivity index (χ1n) is 12.3. The van der Waals surface area contributed by atoms with Crippen LogP contribution < -0.4 is 0 Å². The Morgan fingerprint density at radius 1 is 1.22 bits per heavy atom. The van der Waals surface area contributed by atoms with Gasteiger partial charge in [0.15, 0.2) is 0 Å². The van der Waals surface area contributed by atoms with Gasteiger partial charge < -0.3 is 18.6 Å². The van der Waals surface area contributed by atoms with Crippen molar-refractivity contribution in [1.29, 1.82) is 5.26 Å². The van der Waals surface area contributed by atoms with Gasteiger partial charge in [-0.05, 0) is 42.8 Å². The van der Waals surface area contributed by atoms with Crippen molar-refractivity contribution in [2.24, 2.45) is 0 Å². The van der Waals surface area contributed by atoms with Gasteiger partial charge in [-0.2, -0.15) is 5.26 Å². The number of aromatic nitrogens is 3. The number of ether oxygens (including phenoxy) is 2. The normalized spacial score (nSPS) is 15.7. The van der Waals surface area contributed by atoms with Crippen LogP contribution in [0.4, 0.5) is 0 Å². The molecule has 0 radical (unpaired) electrons. The maximum absolute atomic E-state index is 9.57. The number of fused-ring (bicyclic) bond motifs is 2. The molecule has 1 atom stereocenters. The molecule has 2 aromatic carbocycles. The molecule has 8 heteroatoms. The van der Waals surface area contributed by atoms with Gasteiger partial charge in [0.25, 0.3) is 0 Å². The fraction of sp³-hybridized carbons (Fsp3) is 0.357. The van der Waals surface area contributed by atoms with E-state index in [0.717, 1.165) is 58.4 Å². The van der Waals surface area contributed by atoms with Crippen LogP contribution in [-0.4, -0.2) is 35.4 Å². The SMILES string of the molecule is Cc1c(C#N)ccc2c1cc(-c1cn3c(n1)C(c1ccccc1Cl)OCC3)n2COCC[Si](C)(C)C. The third-order valence-corrected chi connectivity index (χ3v) is 8.85. The fourth-order valence-electron chi connectivity index (χ4n) is 4.68. The summed E-state index contributed by atoms with van der Waals surface area (Å²) in [4.78, 5) is 5.06. The maximum Gasteiger partial charge on any atom is 0.143 e. The lowest BCUT2D eigenvalue weighted by Gasteiger charge is -2.24. The quantitative estimate of drug-likeness (QED) is 0.200. The first-order valence-corrected chi connectivity index (χ1v) is 16.4. The monoisotopic (exact) mass is 518 g/mol. The lowest BCUT2D eigenvalue weighted by atomic mass is 10.1. The molecule has 5 rings (SSSR count). The number of hydrogen-bond acceptors (Lipinski definition) is 4. The van der Waals surface area contributed by atoms with Crippen LogP contribution in [0.1, 0.15) is 28.6 Å². The summed E-state index contributed by atoms with van der Waals surface area (Å²) < 4.78 is 16.7. The Morgan fingerprint density at radius 3 is 2.78 bits per heavy atom. The van der Waals surface area contributed by atoms with E-state index < -0.39 is 8.07 Å². The molecule has 1 aliphatic rings. The zero-order valence-corrected chi connectivity index (χ0v) is 23.0. The highest BCUT2D eigenvalue weighted by Crippen LogP contribution is 2.36. The molecule has 6 nitrogen and oxygen atoms in total. The van der Waals surface area contributed by atoms with Gasteiger partial charge in [-0.1, -0.05) is 49.4 Å². The summed E-state index contributed by atoms with van der Waals surface area (Å²) >= 11 is 6.51. The lowest BCUT2D eigenvalue weighted by molar-refractivity contribution is 0.0430. The number of aryl methyl sites for hydroxylation is 1. The van der Waals surface area contributed by atoms with Crippen LogP contribution in [0.25, 0.3) is 22.3 Å². The van der Waals surface area contributed by atoms with Crippen LogP contribution in [0.3, 0.4) is 0 Å². The molecule has 4 aromatic rings. The van der Waals surface area contributed by atoms with Crippen LogP contribution >= 0.6 is 11.6 Å². The standard InChI is InChI=1S/C28H31ClN4O2Si/c1-19-20(16-30)9-10-25-22(19)15-26(33(25)18-34-13-14-36(2,3)4)24-17-32-11-12-35-27(28(32)31-24)21-7-5-6-8-23(21)29/h5-10,15,17,27H,11-14,18H2,1-4H3. The molecule has 0 N–H and O–H groups in total. The smallest absolute Gasteiger partial charge is 0.143 e. The van der Waals surface area contributed by atoms with Crippen LogP contribution in [0.2, 0.25) is 30.7 Å². The van der Waals surface area contributed by atoms with E-state index in [1.807, 2.05) is 43.3 Å². The van der Waals surface area contributed by atoms with E-state index in [2.05, 4.69) is 47.1 Å². The largest absolute Gasteiger partial charge is 0.364 e. The molecule has 1 aliphatic heterocycles. The molecule has 0 aliphatic carbocycles. The summed E-state index contributed by atoms with van der Waals surface area (Å²) in [5, 5.41) is 11.3. The maximum atomic E-state index is 9.57. The molecule has 2 aromatic heterocycles. The second kappa shape index (κ2) is 9.87. The Kier molecular flexibility index (Phi) is 6.79. The van der Waals surface area contributed by atoms with Gasteiger partial charge in [-0.25, -0.2) is 4.98 Å². The van der Waals surface area contributed by atoms with Gasteiger partial charge in [0.2, 0.25) is 0 Å². The van der Waals surface area contributed by atoms with Gasteiger partial charge >= 0.3 is 0 Å². The Morgan fingerprint density at radius 2 is 2.03 bits per heavy atom. The summed E-state index contributed by atoms with van der Waals surface area (Å²) in [6, 6.07) is 17.2. The van der Waals surface area contributed by atoms with Crippen molar-refractivity contribution in [3.8, 4) is 17.5 Å². The predicted molar refractivity (Wildman–Crippen MR) is 146 cm³/mol.